The molecule has 168 valence electrons. The van der Waals surface area contributed by atoms with Crippen LogP contribution in [0.15, 0.2) is 40.9 Å². The van der Waals surface area contributed by atoms with Crippen molar-refractivity contribution in [3.05, 3.63) is 57.8 Å². The van der Waals surface area contributed by atoms with Crippen LogP contribution in [0.1, 0.15) is 44.2 Å². The molecule has 0 saturated heterocycles. The highest BCUT2D eigenvalue weighted by Gasteiger charge is 2.13. The van der Waals surface area contributed by atoms with E-state index < -0.39 is 0 Å². The van der Waals surface area contributed by atoms with Crippen LogP contribution in [0.2, 0.25) is 0 Å². The fraction of sp³-hybridized carbons (Fsp3) is 0.478. The van der Waals surface area contributed by atoms with Crippen molar-refractivity contribution >= 4 is 28.3 Å². The average Bonchev–Trinajstić information content (AvgIpc) is 2.71. The molecule has 0 amide bonds. The third kappa shape index (κ3) is 9.65. The third-order valence-electron chi connectivity index (χ3n) is 4.28. The Hall–Kier alpha value is -1.34. The van der Waals surface area contributed by atoms with Crippen molar-refractivity contribution in [3.63, 3.8) is 0 Å². The molecule has 0 fully saturated rings. The van der Waals surface area contributed by atoms with Gasteiger partial charge in [-0.1, -0.05) is 25.5 Å². The summed E-state index contributed by atoms with van der Waals surface area (Å²) >= 11 is 3.60. The number of halogens is 3. The monoisotopic (exact) mass is 503 g/mol. The van der Waals surface area contributed by atoms with Crippen LogP contribution in [0.3, 0.4) is 0 Å². The second-order valence-electron chi connectivity index (χ2n) is 6.75. The van der Waals surface area contributed by atoms with Gasteiger partial charge in [0.15, 0.2) is 11.5 Å². The molecule has 30 heavy (non-hydrogen) atoms. The summed E-state index contributed by atoms with van der Waals surface area (Å²) in [6.07, 6.45) is 3.28. The Morgan fingerprint density at radius 2 is 1.70 bits per heavy atom. The van der Waals surface area contributed by atoms with Gasteiger partial charge in [-0.2, -0.15) is 0 Å². The summed E-state index contributed by atoms with van der Waals surface area (Å²) in [4.78, 5) is 0. The van der Waals surface area contributed by atoms with Crippen molar-refractivity contribution in [2.75, 3.05) is 26.4 Å². The Balaban J connectivity index is 0.00000450. The zero-order valence-electron chi connectivity index (χ0n) is 17.7. The number of nitrogens with one attached hydrogen (secondary N) is 1. The van der Waals surface area contributed by atoms with Crippen LogP contribution in [-0.4, -0.2) is 26.4 Å². The van der Waals surface area contributed by atoms with Crippen molar-refractivity contribution in [3.8, 4) is 11.5 Å². The first kappa shape index (κ1) is 26.7. The quantitative estimate of drug-likeness (QED) is 0.307. The molecule has 2 aromatic carbocycles. The van der Waals surface area contributed by atoms with Crippen LogP contribution < -0.4 is 14.8 Å². The van der Waals surface area contributed by atoms with Crippen LogP contribution in [0.25, 0.3) is 0 Å². The summed E-state index contributed by atoms with van der Waals surface area (Å²) in [5.74, 6) is 1.10. The maximum atomic E-state index is 13.1. The van der Waals surface area contributed by atoms with Crippen LogP contribution in [0, 0.1) is 5.82 Å². The van der Waals surface area contributed by atoms with Gasteiger partial charge in [0, 0.05) is 19.8 Å². The van der Waals surface area contributed by atoms with E-state index in [-0.39, 0.29) is 18.2 Å². The molecule has 0 aromatic heterocycles. The molecule has 0 spiro atoms. The smallest absolute Gasteiger partial charge is 0.175 e. The number of rotatable bonds is 14. The van der Waals surface area contributed by atoms with Gasteiger partial charge in [0.05, 0.1) is 11.1 Å². The predicted octanol–water partition coefficient (Wildman–Crippen LogP) is 6.28. The summed E-state index contributed by atoms with van der Waals surface area (Å²) in [6, 6.07) is 10.3. The molecule has 0 bridgehead atoms. The van der Waals surface area contributed by atoms with Crippen LogP contribution >= 0.6 is 28.3 Å². The first-order valence-corrected chi connectivity index (χ1v) is 11.0. The molecule has 4 nitrogen and oxygen atoms in total. The molecule has 0 heterocycles. The highest BCUT2D eigenvalue weighted by molar-refractivity contribution is 9.10. The lowest BCUT2D eigenvalue weighted by Gasteiger charge is -2.16. The Bertz CT molecular complexity index is 731. The Morgan fingerprint density at radius 1 is 0.967 bits per heavy atom. The standard InChI is InChI=1S/C23H31BrFNO3.ClH/c1-3-5-12-27-13-6-11-26-16-19-14-21(24)23(22(15-19)28-4-2)29-17-18-7-9-20(25)10-8-18;/h7-10,14-15,26H,3-6,11-13,16-17H2,1-2H3;1H. The van der Waals surface area contributed by atoms with Gasteiger partial charge < -0.3 is 19.5 Å². The van der Waals surface area contributed by atoms with Crippen LogP contribution in [-0.2, 0) is 17.9 Å². The van der Waals surface area contributed by atoms with Crippen molar-refractivity contribution in [2.24, 2.45) is 0 Å². The average molecular weight is 505 g/mol. The molecule has 0 saturated carbocycles. The number of benzene rings is 2. The Morgan fingerprint density at radius 3 is 2.40 bits per heavy atom. The molecular formula is C23H32BrClFNO3. The van der Waals surface area contributed by atoms with Gasteiger partial charge in [0.2, 0.25) is 0 Å². The highest BCUT2D eigenvalue weighted by atomic mass is 79.9. The van der Waals surface area contributed by atoms with Crippen molar-refractivity contribution in [1.29, 1.82) is 0 Å². The Labute approximate surface area is 194 Å². The first-order valence-electron chi connectivity index (χ1n) is 10.2. The first-order chi connectivity index (χ1) is 14.1. The second kappa shape index (κ2) is 15.5. The second-order valence-corrected chi connectivity index (χ2v) is 7.60. The third-order valence-corrected chi connectivity index (χ3v) is 4.87. The van der Waals surface area contributed by atoms with E-state index in [4.69, 9.17) is 14.2 Å². The SMILES string of the molecule is CCCCOCCCNCc1cc(Br)c(OCc2ccc(F)cc2)c(OCC)c1.Cl. The van der Waals surface area contributed by atoms with E-state index in [1.807, 2.05) is 19.1 Å². The molecule has 0 aliphatic heterocycles. The van der Waals surface area contributed by atoms with E-state index in [0.717, 1.165) is 54.7 Å². The van der Waals surface area contributed by atoms with Gasteiger partial charge in [-0.15, -0.1) is 12.4 Å². The number of ether oxygens (including phenoxy) is 3. The number of hydrogen-bond acceptors (Lipinski definition) is 4. The van der Waals surface area contributed by atoms with E-state index >= 15 is 0 Å². The van der Waals surface area contributed by atoms with E-state index in [9.17, 15) is 4.39 Å². The summed E-state index contributed by atoms with van der Waals surface area (Å²) in [6.45, 7) is 8.28. The van der Waals surface area contributed by atoms with E-state index in [1.165, 1.54) is 18.6 Å². The maximum absolute atomic E-state index is 13.1. The lowest BCUT2D eigenvalue weighted by Crippen LogP contribution is -2.16. The van der Waals surface area contributed by atoms with Gasteiger partial charge >= 0.3 is 0 Å². The minimum Gasteiger partial charge on any atom is -0.490 e. The predicted molar refractivity (Wildman–Crippen MR) is 125 cm³/mol. The molecule has 0 unspecified atom stereocenters. The highest BCUT2D eigenvalue weighted by Crippen LogP contribution is 2.37. The minimum absolute atomic E-state index is 0. The molecule has 2 rings (SSSR count). The fourth-order valence-corrected chi connectivity index (χ4v) is 3.35. The molecule has 7 heteroatoms. The normalized spacial score (nSPS) is 10.5. The fourth-order valence-electron chi connectivity index (χ4n) is 2.74. The lowest BCUT2D eigenvalue weighted by molar-refractivity contribution is 0.129. The molecule has 0 aliphatic carbocycles. The molecule has 0 atom stereocenters. The topological polar surface area (TPSA) is 39.7 Å². The Kier molecular flexibility index (Phi) is 13.8. The minimum atomic E-state index is -0.255. The maximum Gasteiger partial charge on any atom is 0.175 e. The van der Waals surface area contributed by atoms with Gasteiger partial charge in [0.25, 0.3) is 0 Å². The van der Waals surface area contributed by atoms with E-state index in [0.29, 0.717) is 24.7 Å². The molecule has 2 aromatic rings. The van der Waals surface area contributed by atoms with Gasteiger partial charge in [-0.3, -0.25) is 0 Å². The molecule has 0 radical (unpaired) electrons. The van der Waals surface area contributed by atoms with Crippen molar-refractivity contribution in [2.45, 2.75) is 46.3 Å². The van der Waals surface area contributed by atoms with Crippen molar-refractivity contribution in [1.82, 2.24) is 5.32 Å². The van der Waals surface area contributed by atoms with E-state index in [2.05, 4.69) is 28.2 Å². The molecular weight excluding hydrogens is 473 g/mol. The zero-order chi connectivity index (χ0) is 20.9. The summed E-state index contributed by atoms with van der Waals surface area (Å²) in [5, 5.41) is 3.44. The zero-order valence-corrected chi connectivity index (χ0v) is 20.1. The largest absolute Gasteiger partial charge is 0.490 e. The molecule has 1 N–H and O–H groups in total. The van der Waals surface area contributed by atoms with Crippen molar-refractivity contribution < 1.29 is 18.6 Å². The molecule has 0 aliphatic rings. The van der Waals surface area contributed by atoms with Crippen LogP contribution in [0.4, 0.5) is 4.39 Å². The van der Waals surface area contributed by atoms with Gasteiger partial charge in [-0.05, 0) is 77.6 Å². The lowest BCUT2D eigenvalue weighted by atomic mass is 10.2. The number of unbranched alkanes of at least 4 members (excludes halogenated alkanes) is 1. The summed E-state index contributed by atoms with van der Waals surface area (Å²) < 4.78 is 31.2. The van der Waals surface area contributed by atoms with Crippen LogP contribution in [0.5, 0.6) is 11.5 Å². The summed E-state index contributed by atoms with van der Waals surface area (Å²) in [5.41, 5.74) is 2.01. The number of hydrogen-bond donors (Lipinski definition) is 1. The van der Waals surface area contributed by atoms with Gasteiger partial charge in [-0.25, -0.2) is 4.39 Å². The van der Waals surface area contributed by atoms with Gasteiger partial charge in [0.1, 0.15) is 12.4 Å². The van der Waals surface area contributed by atoms with E-state index in [1.54, 1.807) is 12.1 Å². The summed E-state index contributed by atoms with van der Waals surface area (Å²) in [7, 11) is 0.